The molecule has 0 bridgehead atoms. The number of rotatable bonds is 3. The average Bonchev–Trinajstić information content (AvgIpc) is 2.61. The highest BCUT2D eigenvalue weighted by molar-refractivity contribution is 7.99. The predicted molar refractivity (Wildman–Crippen MR) is 89.4 cm³/mol. The van der Waals surface area contributed by atoms with Crippen molar-refractivity contribution < 1.29 is 30.8 Å². The van der Waals surface area contributed by atoms with Gasteiger partial charge >= 0.3 is 5.51 Å². The van der Waals surface area contributed by atoms with E-state index in [-0.39, 0.29) is 0 Å². The number of thioether (sulfide) groups is 1. The molecule has 1 atom stereocenters. The van der Waals surface area contributed by atoms with Crippen molar-refractivity contribution in [3.05, 3.63) is 53.5 Å². The molecule has 3 rings (SSSR count). The number of alkyl halides is 3. The number of fused-ring (bicyclic) bond motifs is 1. The third-order valence-electron chi connectivity index (χ3n) is 3.91. The average molecular weight is 420 g/mol. The molecular weight excluding hydrogens is 408 g/mol. The Hall–Kier alpha value is -2.14. The van der Waals surface area contributed by atoms with Crippen LogP contribution in [0.5, 0.6) is 0 Å². The SMILES string of the molecule is O=C(N[C@H]1CCSc2c(F)cccc21)c1cccnc1S(=O)(=O)C(F)(F)F. The second-order valence-corrected chi connectivity index (χ2v) is 8.59. The molecule has 1 aromatic carbocycles. The van der Waals surface area contributed by atoms with Crippen molar-refractivity contribution >= 4 is 27.5 Å². The van der Waals surface area contributed by atoms with Crippen LogP contribution in [0.25, 0.3) is 0 Å². The van der Waals surface area contributed by atoms with Gasteiger partial charge in [0.2, 0.25) is 0 Å². The van der Waals surface area contributed by atoms with Crippen LogP contribution < -0.4 is 5.32 Å². The number of carbonyl (C=O) groups is 1. The van der Waals surface area contributed by atoms with E-state index in [0.717, 1.165) is 18.3 Å². The summed E-state index contributed by atoms with van der Waals surface area (Å²) in [7, 11) is -5.80. The van der Waals surface area contributed by atoms with E-state index in [2.05, 4.69) is 10.3 Å². The first-order valence-corrected chi connectivity index (χ1v) is 10.1. The van der Waals surface area contributed by atoms with Crippen molar-refractivity contribution in [2.45, 2.75) is 27.9 Å². The molecule has 1 aliphatic heterocycles. The van der Waals surface area contributed by atoms with E-state index in [9.17, 15) is 30.8 Å². The molecule has 0 fully saturated rings. The molecule has 0 saturated carbocycles. The zero-order valence-corrected chi connectivity index (χ0v) is 15.1. The van der Waals surface area contributed by atoms with Crippen molar-refractivity contribution in [3.63, 3.8) is 0 Å². The number of amides is 1. The molecule has 0 unspecified atom stereocenters. The Morgan fingerprint density at radius 1 is 1.22 bits per heavy atom. The van der Waals surface area contributed by atoms with Crippen LogP contribution in [-0.2, 0) is 9.84 Å². The van der Waals surface area contributed by atoms with Crippen molar-refractivity contribution in [1.82, 2.24) is 10.3 Å². The summed E-state index contributed by atoms with van der Waals surface area (Å²) in [6.07, 6.45) is 1.27. The van der Waals surface area contributed by atoms with Crippen molar-refractivity contribution in [2.75, 3.05) is 5.75 Å². The molecule has 0 spiro atoms. The van der Waals surface area contributed by atoms with E-state index < -0.39 is 43.7 Å². The third kappa shape index (κ3) is 3.65. The number of nitrogens with zero attached hydrogens (tertiary/aromatic N) is 1. The Morgan fingerprint density at radius 3 is 2.67 bits per heavy atom. The molecule has 1 aliphatic rings. The lowest BCUT2D eigenvalue weighted by molar-refractivity contribution is -0.0438. The molecule has 5 nitrogen and oxygen atoms in total. The molecule has 1 N–H and O–H groups in total. The summed E-state index contributed by atoms with van der Waals surface area (Å²) in [6, 6.07) is 5.78. The molecule has 1 aromatic heterocycles. The summed E-state index contributed by atoms with van der Waals surface area (Å²) in [5.74, 6) is -1.00. The van der Waals surface area contributed by atoms with Gasteiger partial charge in [0, 0.05) is 16.8 Å². The number of hydrogen-bond donors (Lipinski definition) is 1. The number of halogens is 4. The van der Waals surface area contributed by atoms with Gasteiger partial charge in [0.25, 0.3) is 15.7 Å². The molecule has 27 heavy (non-hydrogen) atoms. The van der Waals surface area contributed by atoms with Gasteiger partial charge in [0.05, 0.1) is 11.6 Å². The minimum Gasteiger partial charge on any atom is -0.345 e. The van der Waals surface area contributed by atoms with E-state index in [1.165, 1.54) is 23.9 Å². The standard InChI is InChI=1S/C16H12F4N2O3S2/c17-11-5-1-3-9-12(6-8-26-13(9)11)22-14(23)10-4-2-7-21-15(10)27(24,25)16(18,19)20/h1-5,7,12H,6,8H2,(H,22,23)/t12-/m0/s1. The zero-order valence-electron chi connectivity index (χ0n) is 13.5. The molecule has 2 aromatic rings. The van der Waals surface area contributed by atoms with E-state index in [0.29, 0.717) is 22.6 Å². The van der Waals surface area contributed by atoms with Gasteiger partial charge in [-0.2, -0.15) is 13.2 Å². The molecule has 144 valence electrons. The van der Waals surface area contributed by atoms with Gasteiger partial charge in [-0.05, 0) is 30.2 Å². The fourth-order valence-corrected chi connectivity index (χ4v) is 4.67. The Labute approximate surface area is 156 Å². The lowest BCUT2D eigenvalue weighted by Crippen LogP contribution is -2.33. The zero-order chi connectivity index (χ0) is 19.8. The van der Waals surface area contributed by atoms with E-state index in [1.807, 2.05) is 0 Å². The Morgan fingerprint density at radius 2 is 1.96 bits per heavy atom. The van der Waals surface area contributed by atoms with Gasteiger partial charge in [0.1, 0.15) is 5.82 Å². The van der Waals surface area contributed by atoms with Crippen LogP contribution in [0.4, 0.5) is 17.6 Å². The summed E-state index contributed by atoms with van der Waals surface area (Å²) in [6.45, 7) is 0. The van der Waals surface area contributed by atoms with Gasteiger partial charge < -0.3 is 5.32 Å². The van der Waals surface area contributed by atoms with Gasteiger partial charge in [-0.25, -0.2) is 17.8 Å². The summed E-state index contributed by atoms with van der Waals surface area (Å²) in [5.41, 5.74) is -5.82. The largest absolute Gasteiger partial charge is 0.503 e. The second kappa shape index (κ2) is 7.12. The number of aromatic nitrogens is 1. The second-order valence-electron chi connectivity index (χ2n) is 5.63. The highest BCUT2D eigenvalue weighted by Gasteiger charge is 2.49. The summed E-state index contributed by atoms with van der Waals surface area (Å²) >= 11 is 1.27. The number of pyridine rings is 1. The fraction of sp³-hybridized carbons (Fsp3) is 0.250. The molecule has 0 saturated heterocycles. The van der Waals surface area contributed by atoms with Crippen molar-refractivity contribution in [1.29, 1.82) is 0 Å². The number of sulfone groups is 1. The Bertz CT molecular complexity index is 993. The molecule has 0 aliphatic carbocycles. The number of hydrogen-bond acceptors (Lipinski definition) is 5. The molecule has 11 heteroatoms. The first-order chi connectivity index (χ1) is 12.6. The summed E-state index contributed by atoms with van der Waals surface area (Å²) < 4.78 is 75.9. The van der Waals surface area contributed by atoms with Crippen molar-refractivity contribution in [3.8, 4) is 0 Å². The molecule has 2 heterocycles. The molecular formula is C16H12F4N2O3S2. The van der Waals surface area contributed by atoms with Crippen LogP contribution in [-0.4, -0.2) is 30.6 Å². The minimum atomic E-state index is -5.80. The van der Waals surface area contributed by atoms with Gasteiger partial charge in [0.15, 0.2) is 5.03 Å². The highest BCUT2D eigenvalue weighted by Crippen LogP contribution is 2.38. The van der Waals surface area contributed by atoms with E-state index in [1.54, 1.807) is 6.07 Å². The van der Waals surface area contributed by atoms with Gasteiger partial charge in [-0.1, -0.05) is 12.1 Å². The Kier molecular flexibility index (Phi) is 5.17. The van der Waals surface area contributed by atoms with Crippen molar-refractivity contribution in [2.24, 2.45) is 0 Å². The van der Waals surface area contributed by atoms with E-state index >= 15 is 0 Å². The smallest absolute Gasteiger partial charge is 0.345 e. The quantitative estimate of drug-likeness (QED) is 0.770. The summed E-state index contributed by atoms with van der Waals surface area (Å²) in [5, 5.41) is 1.13. The van der Waals surface area contributed by atoms with Crippen LogP contribution >= 0.6 is 11.8 Å². The van der Waals surface area contributed by atoms with Gasteiger partial charge in [-0.15, -0.1) is 11.8 Å². The third-order valence-corrected chi connectivity index (χ3v) is 6.51. The van der Waals surface area contributed by atoms with Gasteiger partial charge in [-0.3, -0.25) is 4.79 Å². The fourth-order valence-electron chi connectivity index (χ4n) is 2.66. The number of benzene rings is 1. The van der Waals surface area contributed by atoms with Crippen LogP contribution in [0.1, 0.15) is 28.4 Å². The maximum Gasteiger partial charge on any atom is 0.503 e. The van der Waals surface area contributed by atoms with Crippen LogP contribution in [0.3, 0.4) is 0 Å². The summed E-state index contributed by atoms with van der Waals surface area (Å²) in [4.78, 5) is 16.1. The highest BCUT2D eigenvalue weighted by atomic mass is 32.2. The first-order valence-electron chi connectivity index (χ1n) is 7.61. The lowest BCUT2D eigenvalue weighted by atomic mass is 10.0. The molecule has 1 amide bonds. The lowest BCUT2D eigenvalue weighted by Gasteiger charge is -2.26. The number of nitrogens with one attached hydrogen (secondary N) is 1. The monoisotopic (exact) mass is 420 g/mol. The first kappa shape index (κ1) is 19.6. The predicted octanol–water partition coefficient (Wildman–Crippen LogP) is 3.48. The normalized spacial score (nSPS) is 17.3. The van der Waals surface area contributed by atoms with Crippen LogP contribution in [0.2, 0.25) is 0 Å². The van der Waals surface area contributed by atoms with E-state index in [4.69, 9.17) is 0 Å². The number of carbonyl (C=O) groups excluding carboxylic acids is 1. The minimum absolute atomic E-state index is 0.350. The molecule has 0 radical (unpaired) electrons. The maximum absolute atomic E-state index is 13.9. The van der Waals surface area contributed by atoms with Crippen LogP contribution in [0.15, 0.2) is 46.5 Å². The maximum atomic E-state index is 13.9. The van der Waals surface area contributed by atoms with Crippen LogP contribution in [0, 0.1) is 5.82 Å². The Balaban J connectivity index is 1.95. The topological polar surface area (TPSA) is 76.1 Å².